The van der Waals surface area contributed by atoms with Crippen LogP contribution < -0.4 is 0 Å². The lowest BCUT2D eigenvalue weighted by Crippen LogP contribution is -2.30. The van der Waals surface area contributed by atoms with Crippen LogP contribution >= 0.6 is 0 Å². The Morgan fingerprint density at radius 3 is 0.831 bits per heavy atom. The van der Waals surface area contributed by atoms with E-state index in [0.29, 0.717) is 19.3 Å². The minimum Gasteiger partial charge on any atom is -0.462 e. The molecule has 0 aliphatic rings. The monoisotopic (exact) mass is 915 g/mol. The molecule has 0 radical (unpaired) electrons. The summed E-state index contributed by atoms with van der Waals surface area (Å²) in [5.41, 5.74) is 0. The van der Waals surface area contributed by atoms with Crippen LogP contribution in [0.5, 0.6) is 0 Å². The maximum absolute atomic E-state index is 12.8. The Morgan fingerprint density at radius 2 is 0.538 bits per heavy atom. The smallest absolute Gasteiger partial charge is 0.306 e. The molecule has 0 spiro atoms. The summed E-state index contributed by atoms with van der Waals surface area (Å²) in [6.07, 6.45) is 63.3. The lowest BCUT2D eigenvalue weighted by molar-refractivity contribution is -0.167. The Kier molecular flexibility index (Phi) is 52.7. The summed E-state index contributed by atoms with van der Waals surface area (Å²) in [6.45, 7) is 6.60. The fourth-order valence-electron chi connectivity index (χ4n) is 8.56. The molecule has 0 rings (SSSR count). The van der Waals surface area contributed by atoms with E-state index in [0.717, 1.165) is 70.6 Å². The van der Waals surface area contributed by atoms with E-state index < -0.39 is 6.10 Å². The van der Waals surface area contributed by atoms with Crippen LogP contribution in [0.4, 0.5) is 0 Å². The van der Waals surface area contributed by atoms with Crippen LogP contribution in [-0.4, -0.2) is 37.2 Å². The van der Waals surface area contributed by atoms with Crippen molar-refractivity contribution in [1.82, 2.24) is 0 Å². The molecular formula is C59H110O6. The molecule has 0 aliphatic heterocycles. The van der Waals surface area contributed by atoms with Gasteiger partial charge in [-0.1, -0.05) is 257 Å². The molecule has 0 amide bonds. The number of carbonyl (C=O) groups excluding carboxylic acids is 3. The molecule has 382 valence electrons. The second-order valence-corrected chi connectivity index (χ2v) is 19.6. The SMILES string of the molecule is CCC/C=C\CCCCCCCC(=O)OCC(COC(=O)CCCCCCCCCCCCCCC/C=C\CCCCCCCCCC)OC(=O)CCCCCCCCCCCCCC. The van der Waals surface area contributed by atoms with Gasteiger partial charge >= 0.3 is 17.9 Å². The molecule has 1 atom stereocenters. The number of hydrogen-bond acceptors (Lipinski definition) is 6. The van der Waals surface area contributed by atoms with Crippen molar-refractivity contribution in [2.45, 2.75) is 322 Å². The van der Waals surface area contributed by atoms with Crippen molar-refractivity contribution in [3.8, 4) is 0 Å². The van der Waals surface area contributed by atoms with Crippen molar-refractivity contribution in [3.05, 3.63) is 24.3 Å². The van der Waals surface area contributed by atoms with Gasteiger partial charge in [0.2, 0.25) is 0 Å². The van der Waals surface area contributed by atoms with E-state index in [1.54, 1.807) is 0 Å². The first-order valence-corrected chi connectivity index (χ1v) is 28.8. The molecule has 6 nitrogen and oxygen atoms in total. The van der Waals surface area contributed by atoms with E-state index in [9.17, 15) is 14.4 Å². The molecule has 1 unspecified atom stereocenters. The summed E-state index contributed by atoms with van der Waals surface area (Å²) in [6, 6.07) is 0. The van der Waals surface area contributed by atoms with Gasteiger partial charge in [0.15, 0.2) is 6.10 Å². The molecule has 0 aromatic carbocycles. The predicted molar refractivity (Wildman–Crippen MR) is 279 cm³/mol. The van der Waals surface area contributed by atoms with E-state index in [1.165, 1.54) is 205 Å². The van der Waals surface area contributed by atoms with E-state index in [1.807, 2.05) is 0 Å². The Balaban J connectivity index is 4.13. The van der Waals surface area contributed by atoms with Crippen molar-refractivity contribution < 1.29 is 28.6 Å². The van der Waals surface area contributed by atoms with Crippen LogP contribution in [0.25, 0.3) is 0 Å². The highest BCUT2D eigenvalue weighted by Gasteiger charge is 2.19. The van der Waals surface area contributed by atoms with Crippen LogP contribution in [-0.2, 0) is 28.6 Å². The molecule has 0 heterocycles. The maximum atomic E-state index is 12.8. The number of allylic oxidation sites excluding steroid dienone is 4. The van der Waals surface area contributed by atoms with Gasteiger partial charge in [0.1, 0.15) is 13.2 Å². The van der Waals surface area contributed by atoms with Crippen LogP contribution in [0, 0.1) is 0 Å². The number of ether oxygens (including phenoxy) is 3. The minimum absolute atomic E-state index is 0.0697. The largest absolute Gasteiger partial charge is 0.462 e. The van der Waals surface area contributed by atoms with Gasteiger partial charge < -0.3 is 14.2 Å². The van der Waals surface area contributed by atoms with Gasteiger partial charge in [-0.05, 0) is 64.2 Å². The zero-order chi connectivity index (χ0) is 47.2. The van der Waals surface area contributed by atoms with Crippen LogP contribution in [0.15, 0.2) is 24.3 Å². The van der Waals surface area contributed by atoms with Crippen molar-refractivity contribution in [3.63, 3.8) is 0 Å². The first kappa shape index (κ1) is 62.9. The van der Waals surface area contributed by atoms with E-state index >= 15 is 0 Å². The molecule has 0 fully saturated rings. The second kappa shape index (κ2) is 54.5. The minimum atomic E-state index is -0.769. The van der Waals surface area contributed by atoms with Crippen LogP contribution in [0.2, 0.25) is 0 Å². The van der Waals surface area contributed by atoms with E-state index in [4.69, 9.17) is 14.2 Å². The third-order valence-corrected chi connectivity index (χ3v) is 12.9. The van der Waals surface area contributed by atoms with E-state index in [-0.39, 0.29) is 31.1 Å². The molecule has 0 aromatic rings. The van der Waals surface area contributed by atoms with Gasteiger partial charge in [-0.3, -0.25) is 14.4 Å². The lowest BCUT2D eigenvalue weighted by Gasteiger charge is -2.18. The standard InChI is InChI=1S/C59H110O6/c1-4-7-10-13-16-19-22-24-25-26-27-28-29-30-31-32-33-34-35-36-38-40-43-46-49-52-58(61)64-55-56(54-63-57(60)51-48-45-42-39-21-18-15-12-9-6-3)65-59(62)53-50-47-44-41-37-23-20-17-14-11-8-5-2/h12,15,26-27,56H,4-11,13-14,16-25,28-55H2,1-3H3/b15-12-,27-26-. The third-order valence-electron chi connectivity index (χ3n) is 12.9. The predicted octanol–water partition coefficient (Wildman–Crippen LogP) is 19.1. The average molecular weight is 916 g/mol. The molecule has 0 bridgehead atoms. The summed E-state index contributed by atoms with van der Waals surface area (Å²) < 4.78 is 16.8. The molecule has 6 heteroatoms. The van der Waals surface area contributed by atoms with Gasteiger partial charge in [-0.25, -0.2) is 0 Å². The Hall–Kier alpha value is -2.11. The number of unbranched alkanes of at least 4 members (excludes halogenated alkanes) is 38. The fourth-order valence-corrected chi connectivity index (χ4v) is 8.56. The summed E-state index contributed by atoms with van der Waals surface area (Å²) in [5.74, 6) is -0.865. The first-order chi connectivity index (χ1) is 32.0. The zero-order valence-electron chi connectivity index (χ0n) is 43.8. The zero-order valence-corrected chi connectivity index (χ0v) is 43.8. The maximum Gasteiger partial charge on any atom is 0.306 e. The quantitative estimate of drug-likeness (QED) is 0.0262. The summed E-state index contributed by atoms with van der Waals surface area (Å²) >= 11 is 0. The highest BCUT2D eigenvalue weighted by molar-refractivity contribution is 5.71. The molecule has 0 N–H and O–H groups in total. The topological polar surface area (TPSA) is 78.9 Å². The van der Waals surface area contributed by atoms with Crippen molar-refractivity contribution in [2.75, 3.05) is 13.2 Å². The summed E-state index contributed by atoms with van der Waals surface area (Å²) in [5, 5.41) is 0. The third kappa shape index (κ3) is 52.7. The van der Waals surface area contributed by atoms with Gasteiger partial charge in [-0.2, -0.15) is 0 Å². The van der Waals surface area contributed by atoms with Gasteiger partial charge in [-0.15, -0.1) is 0 Å². The highest BCUT2D eigenvalue weighted by atomic mass is 16.6. The highest BCUT2D eigenvalue weighted by Crippen LogP contribution is 2.17. The van der Waals surface area contributed by atoms with Crippen LogP contribution in [0.3, 0.4) is 0 Å². The Bertz CT molecular complexity index is 1050. The number of esters is 3. The molecule has 0 aliphatic carbocycles. The first-order valence-electron chi connectivity index (χ1n) is 28.8. The van der Waals surface area contributed by atoms with Gasteiger partial charge in [0, 0.05) is 19.3 Å². The molecule has 0 saturated carbocycles. The summed E-state index contributed by atoms with van der Waals surface area (Å²) in [4.78, 5) is 38.0. The Morgan fingerprint density at radius 1 is 0.292 bits per heavy atom. The van der Waals surface area contributed by atoms with Crippen molar-refractivity contribution in [1.29, 1.82) is 0 Å². The molecule has 0 aromatic heterocycles. The van der Waals surface area contributed by atoms with Crippen LogP contribution in [0.1, 0.15) is 316 Å². The lowest BCUT2D eigenvalue weighted by atomic mass is 10.0. The Labute approximate surface area is 404 Å². The average Bonchev–Trinajstić information content (AvgIpc) is 3.30. The molecule has 0 saturated heterocycles. The summed E-state index contributed by atoms with van der Waals surface area (Å²) in [7, 11) is 0. The number of rotatable bonds is 53. The molecule has 65 heavy (non-hydrogen) atoms. The number of hydrogen-bond donors (Lipinski definition) is 0. The van der Waals surface area contributed by atoms with Gasteiger partial charge in [0.25, 0.3) is 0 Å². The fraction of sp³-hybridized carbons (Fsp3) is 0.881. The number of carbonyl (C=O) groups is 3. The van der Waals surface area contributed by atoms with E-state index in [2.05, 4.69) is 45.1 Å². The normalized spacial score (nSPS) is 12.1. The second-order valence-electron chi connectivity index (χ2n) is 19.6. The van der Waals surface area contributed by atoms with Gasteiger partial charge in [0.05, 0.1) is 0 Å². The van der Waals surface area contributed by atoms with Crippen molar-refractivity contribution >= 4 is 17.9 Å². The van der Waals surface area contributed by atoms with Crippen molar-refractivity contribution in [2.24, 2.45) is 0 Å². The molecular weight excluding hydrogens is 805 g/mol.